The van der Waals surface area contributed by atoms with Crippen molar-refractivity contribution in [2.75, 3.05) is 11.9 Å². The molecule has 0 aliphatic rings. The Bertz CT molecular complexity index is 1240. The summed E-state index contributed by atoms with van der Waals surface area (Å²) < 4.78 is 43.4. The number of amides is 1. The molecule has 0 aliphatic carbocycles. The molecule has 2 aromatic carbocycles. The zero-order valence-electron chi connectivity index (χ0n) is 15.7. The second-order valence-corrected chi connectivity index (χ2v) is 8.87. The van der Waals surface area contributed by atoms with Crippen molar-refractivity contribution in [3.63, 3.8) is 0 Å². The molecule has 1 aromatic heterocycles. The average Bonchev–Trinajstić information content (AvgIpc) is 2.70. The Balaban J connectivity index is 1.70. The molecule has 0 fully saturated rings. The van der Waals surface area contributed by atoms with E-state index in [0.29, 0.717) is 21.5 Å². The summed E-state index contributed by atoms with van der Waals surface area (Å²) in [6.07, 6.45) is 3.18. The van der Waals surface area contributed by atoms with Gasteiger partial charge in [-0.25, -0.2) is 0 Å². The number of halogens is 4. The number of carbonyl (C=O) groups is 1. The lowest BCUT2D eigenvalue weighted by atomic mass is 10.2. The fourth-order valence-corrected chi connectivity index (χ4v) is 4.00. The van der Waals surface area contributed by atoms with Gasteiger partial charge in [-0.05, 0) is 30.3 Å². The lowest BCUT2D eigenvalue weighted by Crippen LogP contribution is -2.35. The summed E-state index contributed by atoms with van der Waals surface area (Å²) in [5, 5.41) is 3.44. The maximum atomic E-state index is 13.6. The van der Waals surface area contributed by atoms with Crippen molar-refractivity contribution in [1.82, 2.24) is 0 Å². The van der Waals surface area contributed by atoms with Crippen LogP contribution < -0.4 is 14.6 Å². The van der Waals surface area contributed by atoms with E-state index in [9.17, 15) is 17.1 Å². The van der Waals surface area contributed by atoms with Gasteiger partial charge in [0.15, 0.2) is 25.5 Å². The fourth-order valence-electron chi connectivity index (χ4n) is 2.71. The lowest BCUT2D eigenvalue weighted by Gasteiger charge is -2.09. The van der Waals surface area contributed by atoms with Crippen molar-refractivity contribution in [3.05, 3.63) is 81.6 Å². The number of ether oxygens (including phenoxy) is 1. The van der Waals surface area contributed by atoms with Gasteiger partial charge in [0.2, 0.25) is 0 Å². The average molecular weight is 505 g/mol. The third-order valence-electron chi connectivity index (χ3n) is 4.08. The predicted molar refractivity (Wildman–Crippen MR) is 116 cm³/mol. The smallest absolute Gasteiger partial charge is 0.332 e. The van der Waals surface area contributed by atoms with Gasteiger partial charge in [0.05, 0.1) is 20.6 Å². The minimum absolute atomic E-state index is 0.0261. The minimum atomic E-state index is -4.95. The molecule has 6 nitrogen and oxygen atoms in total. The van der Waals surface area contributed by atoms with Crippen LogP contribution in [0.1, 0.15) is 5.56 Å². The van der Waals surface area contributed by atoms with Gasteiger partial charge in [0.1, 0.15) is 16.3 Å². The molecule has 0 spiro atoms. The van der Waals surface area contributed by atoms with Crippen molar-refractivity contribution < 1.29 is 26.4 Å². The summed E-state index contributed by atoms with van der Waals surface area (Å²) >= 11 is 17.8. The molecule has 11 heteroatoms. The van der Waals surface area contributed by atoms with Gasteiger partial charge < -0.3 is 10.1 Å². The standard InChI is InChI=1S/C20H14Cl3FN2O4S/c21-16-4-1-5-19(31(24,28)29)15(16)11-26-8-2-3-13(10-26)25-20(27)12-30-14-6-7-17(22)18(23)9-14/h1-10H,11-12H2/p+1. The number of anilines is 1. The van der Waals surface area contributed by atoms with Gasteiger partial charge in [0.25, 0.3) is 5.91 Å². The summed E-state index contributed by atoms with van der Waals surface area (Å²) in [6.45, 7) is -0.302. The van der Waals surface area contributed by atoms with Crippen molar-refractivity contribution in [3.8, 4) is 5.75 Å². The Morgan fingerprint density at radius 1 is 1.03 bits per heavy atom. The van der Waals surface area contributed by atoms with E-state index in [-0.39, 0.29) is 23.7 Å². The van der Waals surface area contributed by atoms with Gasteiger partial charge >= 0.3 is 10.2 Å². The molecular formula is C20H15Cl3FN2O4S+. The molecule has 0 saturated carbocycles. The van der Waals surface area contributed by atoms with E-state index in [1.807, 2.05) is 0 Å². The number of nitrogens with one attached hydrogen (secondary N) is 1. The third-order valence-corrected chi connectivity index (χ3v) is 6.08. The second kappa shape index (κ2) is 9.82. The number of pyridine rings is 1. The molecule has 1 heterocycles. The Labute approximate surface area is 193 Å². The number of rotatable bonds is 7. The van der Waals surface area contributed by atoms with E-state index < -0.39 is 21.0 Å². The van der Waals surface area contributed by atoms with Crippen LogP contribution in [0.5, 0.6) is 5.75 Å². The highest BCUT2D eigenvalue weighted by molar-refractivity contribution is 7.86. The molecular weight excluding hydrogens is 490 g/mol. The van der Waals surface area contributed by atoms with Gasteiger partial charge in [-0.3, -0.25) is 4.79 Å². The van der Waals surface area contributed by atoms with Gasteiger partial charge in [-0.15, -0.1) is 3.89 Å². The first-order valence-electron chi connectivity index (χ1n) is 8.72. The number of benzene rings is 2. The summed E-state index contributed by atoms with van der Waals surface area (Å²) in [5.41, 5.74) is 0.519. The van der Waals surface area contributed by atoms with Gasteiger partial charge in [-0.1, -0.05) is 40.9 Å². The maximum Gasteiger partial charge on any atom is 0.332 e. The first-order valence-corrected chi connectivity index (χ1v) is 11.2. The van der Waals surface area contributed by atoms with Crippen LogP contribution in [0, 0.1) is 0 Å². The number of hydrogen-bond acceptors (Lipinski definition) is 4. The number of aromatic nitrogens is 1. The van der Waals surface area contributed by atoms with Gasteiger partial charge in [0, 0.05) is 12.1 Å². The quantitative estimate of drug-likeness (QED) is 0.375. The molecule has 0 saturated heterocycles. The predicted octanol–water partition coefficient (Wildman–Crippen LogP) is 4.66. The van der Waals surface area contributed by atoms with Crippen molar-refractivity contribution in [1.29, 1.82) is 0 Å². The zero-order valence-corrected chi connectivity index (χ0v) is 18.8. The summed E-state index contributed by atoms with van der Waals surface area (Å²) in [6, 6.07) is 11.9. The fraction of sp³-hybridized carbons (Fsp3) is 0.100. The highest BCUT2D eigenvalue weighted by atomic mass is 35.5. The number of carbonyl (C=O) groups excluding carboxylic acids is 1. The van der Waals surface area contributed by atoms with Crippen molar-refractivity contribution in [2.24, 2.45) is 0 Å². The number of hydrogen-bond donors (Lipinski definition) is 1. The molecule has 162 valence electrons. The first kappa shape index (κ1) is 23.3. The van der Waals surface area contributed by atoms with Gasteiger partial charge in [-0.2, -0.15) is 13.0 Å². The van der Waals surface area contributed by atoms with Crippen molar-refractivity contribution in [2.45, 2.75) is 11.4 Å². The molecule has 0 atom stereocenters. The second-order valence-electron chi connectivity index (χ2n) is 6.33. The molecule has 1 N–H and O–H groups in total. The van der Waals surface area contributed by atoms with E-state index in [1.54, 1.807) is 41.2 Å². The van der Waals surface area contributed by atoms with E-state index in [2.05, 4.69) is 5.32 Å². The van der Waals surface area contributed by atoms with E-state index in [0.717, 1.165) is 6.07 Å². The van der Waals surface area contributed by atoms with E-state index >= 15 is 0 Å². The third kappa shape index (κ3) is 6.30. The van der Waals surface area contributed by atoms with Crippen LogP contribution in [0.4, 0.5) is 9.57 Å². The molecule has 0 radical (unpaired) electrons. The summed E-state index contributed by atoms with van der Waals surface area (Å²) in [4.78, 5) is 11.7. The topological polar surface area (TPSA) is 76.3 Å². The molecule has 31 heavy (non-hydrogen) atoms. The lowest BCUT2D eigenvalue weighted by molar-refractivity contribution is -0.688. The van der Waals surface area contributed by atoms with Crippen LogP contribution in [0.2, 0.25) is 15.1 Å². The molecule has 3 aromatic rings. The Morgan fingerprint density at radius 2 is 1.81 bits per heavy atom. The van der Waals surface area contributed by atoms with Crippen molar-refractivity contribution >= 4 is 56.6 Å². The first-order chi connectivity index (χ1) is 14.6. The molecule has 3 rings (SSSR count). The SMILES string of the molecule is O=C(COc1ccc(Cl)c(Cl)c1)Nc1ccc[n+](Cc2c(Cl)cccc2S(=O)(=O)F)c1. The normalized spacial score (nSPS) is 11.2. The zero-order chi connectivity index (χ0) is 22.6. The summed E-state index contributed by atoms with van der Waals surface area (Å²) in [7, 11) is -4.95. The van der Waals surface area contributed by atoms with E-state index in [4.69, 9.17) is 39.5 Å². The van der Waals surface area contributed by atoms with Crippen LogP contribution in [-0.2, 0) is 21.6 Å². The monoisotopic (exact) mass is 503 g/mol. The highest BCUT2D eigenvalue weighted by Crippen LogP contribution is 2.27. The van der Waals surface area contributed by atoms with Crippen LogP contribution in [0.3, 0.4) is 0 Å². The molecule has 1 amide bonds. The molecule has 0 bridgehead atoms. The molecule has 0 aliphatic heterocycles. The highest BCUT2D eigenvalue weighted by Gasteiger charge is 2.22. The minimum Gasteiger partial charge on any atom is -0.484 e. The maximum absolute atomic E-state index is 13.6. The van der Waals surface area contributed by atoms with Crippen LogP contribution in [0.25, 0.3) is 0 Å². The Hall–Kier alpha value is -2.39. The van der Waals surface area contributed by atoms with Crippen LogP contribution in [-0.4, -0.2) is 20.9 Å². The van der Waals surface area contributed by atoms with Crippen LogP contribution >= 0.6 is 34.8 Å². The molecule has 0 unspecified atom stereocenters. The van der Waals surface area contributed by atoms with E-state index in [1.165, 1.54) is 18.2 Å². The Morgan fingerprint density at radius 3 is 2.52 bits per heavy atom. The number of nitrogens with zero attached hydrogens (tertiary/aromatic N) is 1. The summed E-state index contributed by atoms with van der Waals surface area (Å²) in [5.74, 6) is -0.0556. The Kier molecular flexibility index (Phi) is 7.38. The van der Waals surface area contributed by atoms with Crippen LogP contribution in [0.15, 0.2) is 65.8 Å². The largest absolute Gasteiger partial charge is 0.484 e.